The zero-order chi connectivity index (χ0) is 9.68. The molecular weight excluding hydrogens is 204 g/mol. The first-order valence-electron chi connectivity index (χ1n) is 4.09. The minimum absolute atomic E-state index is 0.726. The number of pyridine rings is 1. The van der Waals surface area contributed by atoms with Crippen molar-refractivity contribution in [2.24, 2.45) is 0 Å². The van der Waals surface area contributed by atoms with Crippen molar-refractivity contribution in [3.8, 4) is 0 Å². The molecular formula is C9H13ClN2S. The van der Waals surface area contributed by atoms with E-state index < -0.39 is 0 Å². The Balaban J connectivity index is 2.61. The highest BCUT2D eigenvalue weighted by Gasteiger charge is 2.02. The lowest BCUT2D eigenvalue weighted by Crippen LogP contribution is -2.06. The first-order chi connectivity index (χ1) is 6.25. The number of hydrogen-bond acceptors (Lipinski definition) is 3. The van der Waals surface area contributed by atoms with Crippen molar-refractivity contribution >= 4 is 29.2 Å². The van der Waals surface area contributed by atoms with E-state index in [1.54, 1.807) is 18.0 Å². The molecule has 1 rings (SSSR count). The van der Waals surface area contributed by atoms with Crippen LogP contribution in [0, 0.1) is 6.92 Å². The van der Waals surface area contributed by atoms with Crippen LogP contribution in [0.5, 0.6) is 0 Å². The van der Waals surface area contributed by atoms with E-state index in [2.05, 4.69) is 16.6 Å². The molecule has 0 spiro atoms. The van der Waals surface area contributed by atoms with Crippen molar-refractivity contribution in [3.63, 3.8) is 0 Å². The average Bonchev–Trinajstić information content (AvgIpc) is 2.13. The molecule has 1 N–H and O–H groups in total. The standard InChI is InChI=1S/C9H13ClN2S/c1-7-3-4-11-9(8(7)10)12-5-6-13-2/h3-4H,5-6H2,1-2H3,(H,11,12). The van der Waals surface area contributed by atoms with Crippen LogP contribution in [0.1, 0.15) is 5.56 Å². The van der Waals surface area contributed by atoms with Crippen molar-refractivity contribution < 1.29 is 0 Å². The number of thioether (sulfide) groups is 1. The van der Waals surface area contributed by atoms with Gasteiger partial charge >= 0.3 is 0 Å². The molecule has 1 aromatic rings. The zero-order valence-electron chi connectivity index (χ0n) is 7.80. The van der Waals surface area contributed by atoms with E-state index in [-0.39, 0.29) is 0 Å². The van der Waals surface area contributed by atoms with E-state index in [0.717, 1.165) is 28.7 Å². The lowest BCUT2D eigenvalue weighted by Gasteiger charge is -2.07. The second-order valence-corrected chi connectivity index (χ2v) is 4.07. The molecule has 0 saturated heterocycles. The second-order valence-electron chi connectivity index (χ2n) is 2.71. The lowest BCUT2D eigenvalue weighted by molar-refractivity contribution is 1.16. The highest BCUT2D eigenvalue weighted by atomic mass is 35.5. The number of anilines is 1. The van der Waals surface area contributed by atoms with E-state index in [4.69, 9.17) is 11.6 Å². The summed E-state index contributed by atoms with van der Waals surface area (Å²) in [7, 11) is 0. The number of halogens is 1. The number of aryl methyl sites for hydroxylation is 1. The molecule has 1 heterocycles. The molecule has 0 radical (unpaired) electrons. The molecule has 0 amide bonds. The van der Waals surface area contributed by atoms with E-state index in [9.17, 15) is 0 Å². The van der Waals surface area contributed by atoms with Crippen LogP contribution >= 0.6 is 23.4 Å². The van der Waals surface area contributed by atoms with Crippen LogP contribution in [-0.2, 0) is 0 Å². The summed E-state index contributed by atoms with van der Waals surface area (Å²) in [5.74, 6) is 1.85. The first kappa shape index (κ1) is 10.7. The number of aromatic nitrogens is 1. The van der Waals surface area contributed by atoms with Crippen LogP contribution < -0.4 is 5.32 Å². The predicted molar refractivity (Wildman–Crippen MR) is 60.9 cm³/mol. The predicted octanol–water partition coefficient (Wildman–Crippen LogP) is 2.82. The van der Waals surface area contributed by atoms with Crippen LogP contribution in [0.2, 0.25) is 5.02 Å². The van der Waals surface area contributed by atoms with Gasteiger partial charge in [0.25, 0.3) is 0 Å². The summed E-state index contributed by atoms with van der Waals surface area (Å²) in [6, 6.07) is 1.90. The van der Waals surface area contributed by atoms with Gasteiger partial charge in [0.1, 0.15) is 5.82 Å². The monoisotopic (exact) mass is 216 g/mol. The summed E-state index contributed by atoms with van der Waals surface area (Å²) in [5, 5.41) is 3.92. The first-order valence-corrected chi connectivity index (χ1v) is 5.87. The fraction of sp³-hybridized carbons (Fsp3) is 0.444. The van der Waals surface area contributed by atoms with E-state index >= 15 is 0 Å². The highest BCUT2D eigenvalue weighted by Crippen LogP contribution is 2.22. The SMILES string of the molecule is CSCCNc1nccc(C)c1Cl. The van der Waals surface area contributed by atoms with Crippen molar-refractivity contribution in [1.29, 1.82) is 0 Å². The maximum atomic E-state index is 6.04. The van der Waals surface area contributed by atoms with E-state index in [1.165, 1.54) is 0 Å². The molecule has 0 saturated carbocycles. The molecule has 0 fully saturated rings. The Kier molecular flexibility index (Phi) is 4.39. The topological polar surface area (TPSA) is 24.9 Å². The van der Waals surface area contributed by atoms with Gasteiger partial charge in [-0.2, -0.15) is 11.8 Å². The lowest BCUT2D eigenvalue weighted by atomic mass is 10.3. The average molecular weight is 217 g/mol. The maximum Gasteiger partial charge on any atom is 0.145 e. The molecule has 0 aliphatic heterocycles. The summed E-state index contributed by atoms with van der Waals surface area (Å²) in [6.45, 7) is 2.88. The van der Waals surface area contributed by atoms with Crippen molar-refractivity contribution in [2.75, 3.05) is 23.9 Å². The van der Waals surface area contributed by atoms with E-state index in [1.807, 2.05) is 13.0 Å². The molecule has 1 aromatic heterocycles. The van der Waals surface area contributed by atoms with Crippen LogP contribution in [0.3, 0.4) is 0 Å². The molecule has 0 atom stereocenters. The molecule has 0 bridgehead atoms. The van der Waals surface area contributed by atoms with Gasteiger partial charge in [0.05, 0.1) is 5.02 Å². The van der Waals surface area contributed by atoms with Gasteiger partial charge in [-0.25, -0.2) is 4.98 Å². The number of rotatable bonds is 4. The molecule has 0 aliphatic rings. The van der Waals surface area contributed by atoms with Gasteiger partial charge in [-0.15, -0.1) is 0 Å². The van der Waals surface area contributed by atoms with Gasteiger partial charge in [0.15, 0.2) is 0 Å². The molecule has 0 unspecified atom stereocenters. The van der Waals surface area contributed by atoms with Crippen molar-refractivity contribution in [2.45, 2.75) is 6.92 Å². The van der Waals surface area contributed by atoms with Gasteiger partial charge in [-0.05, 0) is 24.8 Å². The third kappa shape index (κ3) is 3.08. The minimum Gasteiger partial charge on any atom is -0.368 e. The fourth-order valence-electron chi connectivity index (χ4n) is 0.935. The molecule has 0 aromatic carbocycles. The van der Waals surface area contributed by atoms with Gasteiger partial charge in [0.2, 0.25) is 0 Å². The minimum atomic E-state index is 0.726. The normalized spacial score (nSPS) is 10.1. The quantitative estimate of drug-likeness (QED) is 0.784. The summed E-state index contributed by atoms with van der Waals surface area (Å²) in [6.07, 6.45) is 3.84. The molecule has 4 heteroatoms. The third-order valence-corrected chi connectivity index (χ3v) is 2.77. The molecule has 0 aliphatic carbocycles. The smallest absolute Gasteiger partial charge is 0.145 e. The Hall–Kier alpha value is -0.410. The van der Waals surface area contributed by atoms with Gasteiger partial charge in [-0.1, -0.05) is 11.6 Å². The largest absolute Gasteiger partial charge is 0.368 e. The van der Waals surface area contributed by atoms with Crippen LogP contribution in [0.15, 0.2) is 12.3 Å². The summed E-state index contributed by atoms with van der Waals surface area (Å²) >= 11 is 7.84. The maximum absolute atomic E-state index is 6.04. The van der Waals surface area contributed by atoms with Crippen molar-refractivity contribution in [3.05, 3.63) is 22.8 Å². The Morgan fingerprint density at radius 1 is 1.62 bits per heavy atom. The van der Waals surface area contributed by atoms with Crippen LogP contribution in [-0.4, -0.2) is 23.5 Å². The number of hydrogen-bond donors (Lipinski definition) is 1. The Bertz CT molecular complexity index is 278. The highest BCUT2D eigenvalue weighted by molar-refractivity contribution is 7.98. The Morgan fingerprint density at radius 2 is 2.38 bits per heavy atom. The Morgan fingerprint density at radius 3 is 3.08 bits per heavy atom. The van der Waals surface area contributed by atoms with Crippen molar-refractivity contribution in [1.82, 2.24) is 4.98 Å². The summed E-state index contributed by atoms with van der Waals surface area (Å²) < 4.78 is 0. The summed E-state index contributed by atoms with van der Waals surface area (Å²) in [5.41, 5.74) is 1.06. The van der Waals surface area contributed by atoms with Crippen LogP contribution in [0.4, 0.5) is 5.82 Å². The van der Waals surface area contributed by atoms with Gasteiger partial charge in [0, 0.05) is 18.5 Å². The Labute approximate surface area is 88.1 Å². The molecule has 13 heavy (non-hydrogen) atoms. The second kappa shape index (κ2) is 5.35. The number of nitrogens with one attached hydrogen (secondary N) is 1. The molecule has 2 nitrogen and oxygen atoms in total. The molecule has 72 valence electrons. The summed E-state index contributed by atoms with van der Waals surface area (Å²) in [4.78, 5) is 4.16. The van der Waals surface area contributed by atoms with Gasteiger partial charge < -0.3 is 5.32 Å². The van der Waals surface area contributed by atoms with Gasteiger partial charge in [-0.3, -0.25) is 0 Å². The van der Waals surface area contributed by atoms with Crippen LogP contribution in [0.25, 0.3) is 0 Å². The number of nitrogens with zero attached hydrogens (tertiary/aromatic N) is 1. The fourth-order valence-corrected chi connectivity index (χ4v) is 1.42. The zero-order valence-corrected chi connectivity index (χ0v) is 9.37. The van der Waals surface area contributed by atoms with E-state index in [0.29, 0.717) is 0 Å². The third-order valence-electron chi connectivity index (χ3n) is 1.68.